The van der Waals surface area contributed by atoms with Crippen LogP contribution in [0.25, 0.3) is 0 Å². The van der Waals surface area contributed by atoms with Crippen LogP contribution in [-0.2, 0) is 13.2 Å². The number of halogens is 4. The van der Waals surface area contributed by atoms with Gasteiger partial charge in [0.15, 0.2) is 17.4 Å². The van der Waals surface area contributed by atoms with E-state index in [2.05, 4.69) is 10.4 Å². The molecule has 0 saturated heterocycles. The van der Waals surface area contributed by atoms with E-state index in [1.165, 1.54) is 24.3 Å². The van der Waals surface area contributed by atoms with Crippen molar-refractivity contribution in [2.75, 3.05) is 6.54 Å². The van der Waals surface area contributed by atoms with E-state index in [9.17, 15) is 22.4 Å². The molecule has 9 heteroatoms. The molecule has 0 unspecified atom stereocenters. The number of nitrogens with one attached hydrogen (secondary N) is 1. The number of nitrogens with zero attached hydrogens (tertiary/aromatic N) is 2. The Kier molecular flexibility index (Phi) is 6.71. The predicted molar refractivity (Wildman–Crippen MR) is 101 cm³/mol. The van der Waals surface area contributed by atoms with E-state index in [0.29, 0.717) is 30.6 Å². The zero-order valence-corrected chi connectivity index (χ0v) is 16.1. The lowest BCUT2D eigenvalue weighted by atomic mass is 10.1. The Morgan fingerprint density at radius 1 is 1.07 bits per heavy atom. The summed E-state index contributed by atoms with van der Waals surface area (Å²) >= 11 is 0. The number of benzene rings is 2. The number of aromatic nitrogens is 2. The van der Waals surface area contributed by atoms with Crippen molar-refractivity contribution in [3.63, 3.8) is 0 Å². The quantitative estimate of drug-likeness (QED) is 0.338. The minimum Gasteiger partial charge on any atom is -0.483 e. The Labute approximate surface area is 170 Å². The highest BCUT2D eigenvalue weighted by Gasteiger charge is 2.20. The molecule has 0 spiro atoms. The maximum atomic E-state index is 13.6. The summed E-state index contributed by atoms with van der Waals surface area (Å²) in [5, 5.41) is 7.05. The first-order valence-electron chi connectivity index (χ1n) is 9.18. The summed E-state index contributed by atoms with van der Waals surface area (Å²) in [6.45, 7) is 2.71. The van der Waals surface area contributed by atoms with Gasteiger partial charge in [-0.25, -0.2) is 8.78 Å². The van der Waals surface area contributed by atoms with Crippen LogP contribution in [0.3, 0.4) is 0 Å². The average molecular weight is 421 g/mol. The van der Waals surface area contributed by atoms with Gasteiger partial charge in [0.1, 0.15) is 6.61 Å². The van der Waals surface area contributed by atoms with E-state index in [-0.39, 0.29) is 18.6 Å². The lowest BCUT2D eigenvalue weighted by Gasteiger charge is -2.10. The molecule has 0 saturated carbocycles. The van der Waals surface area contributed by atoms with Crippen LogP contribution in [0, 0.1) is 30.2 Å². The second-order valence-electron chi connectivity index (χ2n) is 6.61. The van der Waals surface area contributed by atoms with Gasteiger partial charge in [0, 0.05) is 30.9 Å². The molecule has 30 heavy (non-hydrogen) atoms. The van der Waals surface area contributed by atoms with Crippen molar-refractivity contribution in [2.45, 2.75) is 26.5 Å². The van der Waals surface area contributed by atoms with Gasteiger partial charge >= 0.3 is 0 Å². The van der Waals surface area contributed by atoms with Gasteiger partial charge in [0.05, 0.1) is 5.69 Å². The third-order valence-electron chi connectivity index (χ3n) is 4.29. The highest BCUT2D eigenvalue weighted by atomic mass is 19.2. The maximum absolute atomic E-state index is 13.6. The van der Waals surface area contributed by atoms with Gasteiger partial charge in [-0.05, 0) is 37.1 Å². The largest absolute Gasteiger partial charge is 0.483 e. The van der Waals surface area contributed by atoms with Crippen molar-refractivity contribution in [1.29, 1.82) is 0 Å². The molecule has 0 aliphatic rings. The Morgan fingerprint density at radius 3 is 2.33 bits per heavy atom. The highest BCUT2D eigenvalue weighted by molar-refractivity contribution is 5.94. The Hall–Kier alpha value is -3.36. The van der Waals surface area contributed by atoms with Gasteiger partial charge in [-0.3, -0.25) is 9.48 Å². The molecule has 1 amide bonds. The summed E-state index contributed by atoms with van der Waals surface area (Å²) in [6.07, 6.45) is 2.58. The number of amides is 1. The fourth-order valence-electron chi connectivity index (χ4n) is 2.72. The van der Waals surface area contributed by atoms with Crippen LogP contribution in [0.4, 0.5) is 17.6 Å². The van der Waals surface area contributed by atoms with Crippen molar-refractivity contribution in [3.05, 3.63) is 82.7 Å². The average Bonchev–Trinajstić information content (AvgIpc) is 3.15. The predicted octanol–water partition coefficient (Wildman–Crippen LogP) is 4.15. The fourth-order valence-corrected chi connectivity index (χ4v) is 2.72. The SMILES string of the molecule is Cc1ccn(CCCNC(=O)c2ccc(COc3c(F)c(F)cc(F)c3F)cc2)n1. The molecule has 158 valence electrons. The second kappa shape index (κ2) is 9.43. The van der Waals surface area contributed by atoms with Crippen LogP contribution in [0.1, 0.15) is 28.0 Å². The first-order valence-corrected chi connectivity index (χ1v) is 9.18. The summed E-state index contributed by atoms with van der Waals surface area (Å²) in [4.78, 5) is 12.2. The Morgan fingerprint density at radius 2 is 1.73 bits per heavy atom. The maximum Gasteiger partial charge on any atom is 0.251 e. The lowest BCUT2D eigenvalue weighted by Crippen LogP contribution is -2.25. The Bertz CT molecular complexity index is 1010. The van der Waals surface area contributed by atoms with Crippen LogP contribution in [-0.4, -0.2) is 22.2 Å². The van der Waals surface area contributed by atoms with Crippen molar-refractivity contribution in [2.24, 2.45) is 0 Å². The van der Waals surface area contributed by atoms with Crippen molar-refractivity contribution >= 4 is 5.91 Å². The molecule has 1 N–H and O–H groups in total. The molecular weight excluding hydrogens is 402 g/mol. The summed E-state index contributed by atoms with van der Waals surface area (Å²) in [7, 11) is 0. The van der Waals surface area contributed by atoms with Crippen LogP contribution in [0.2, 0.25) is 0 Å². The molecule has 0 bridgehead atoms. The highest BCUT2D eigenvalue weighted by Crippen LogP contribution is 2.27. The minimum absolute atomic E-state index is 0.112. The molecule has 0 aliphatic heterocycles. The van der Waals surface area contributed by atoms with Gasteiger partial charge in [-0.1, -0.05) is 12.1 Å². The van der Waals surface area contributed by atoms with Crippen molar-refractivity contribution in [3.8, 4) is 5.75 Å². The monoisotopic (exact) mass is 421 g/mol. The number of carbonyl (C=O) groups is 1. The molecule has 0 aliphatic carbocycles. The molecule has 0 atom stereocenters. The molecule has 2 aromatic carbocycles. The van der Waals surface area contributed by atoms with Crippen LogP contribution in [0.15, 0.2) is 42.6 Å². The van der Waals surface area contributed by atoms with Crippen LogP contribution >= 0.6 is 0 Å². The van der Waals surface area contributed by atoms with Gasteiger partial charge in [0.2, 0.25) is 11.6 Å². The number of carbonyl (C=O) groups excluding carboxylic acids is 1. The van der Waals surface area contributed by atoms with Crippen LogP contribution < -0.4 is 10.1 Å². The number of hydrogen-bond donors (Lipinski definition) is 1. The van der Waals surface area contributed by atoms with Crippen molar-refractivity contribution < 1.29 is 27.1 Å². The number of aryl methyl sites for hydroxylation is 2. The molecule has 3 aromatic rings. The molecule has 5 nitrogen and oxygen atoms in total. The van der Waals surface area contributed by atoms with Gasteiger partial charge in [-0.2, -0.15) is 13.9 Å². The summed E-state index contributed by atoms with van der Waals surface area (Å²) in [6, 6.07) is 8.09. The van der Waals surface area contributed by atoms with E-state index < -0.39 is 29.0 Å². The van der Waals surface area contributed by atoms with Crippen LogP contribution in [0.5, 0.6) is 5.75 Å². The van der Waals surface area contributed by atoms with E-state index in [1.807, 2.05) is 19.2 Å². The molecular formula is C21H19F4N3O2. The first kappa shape index (κ1) is 21.4. The van der Waals surface area contributed by atoms with Gasteiger partial charge < -0.3 is 10.1 Å². The topological polar surface area (TPSA) is 56.2 Å². The third kappa shape index (κ3) is 5.16. The summed E-state index contributed by atoms with van der Waals surface area (Å²) in [5.41, 5.74) is 1.78. The molecule has 3 rings (SSSR count). The minimum atomic E-state index is -1.60. The van der Waals surface area contributed by atoms with E-state index in [1.54, 1.807) is 4.68 Å². The molecule has 0 radical (unpaired) electrons. The standard InChI is InChI=1S/C21H19F4N3O2/c1-13-7-10-28(27-13)9-2-8-26-21(29)15-5-3-14(4-6-15)12-30-20-18(24)16(22)11-17(23)19(20)25/h3-7,10-11H,2,8-9,12H2,1H3,(H,26,29). The summed E-state index contributed by atoms with van der Waals surface area (Å²) in [5.74, 6) is -7.69. The number of ether oxygens (including phenoxy) is 1. The van der Waals surface area contributed by atoms with Gasteiger partial charge in [0.25, 0.3) is 5.91 Å². The van der Waals surface area contributed by atoms with Gasteiger partial charge in [-0.15, -0.1) is 0 Å². The summed E-state index contributed by atoms with van der Waals surface area (Å²) < 4.78 is 60.3. The number of rotatable bonds is 8. The van der Waals surface area contributed by atoms with E-state index in [4.69, 9.17) is 4.74 Å². The molecule has 0 fully saturated rings. The van der Waals surface area contributed by atoms with E-state index in [0.717, 1.165) is 5.69 Å². The zero-order chi connectivity index (χ0) is 21.7. The smallest absolute Gasteiger partial charge is 0.251 e. The lowest BCUT2D eigenvalue weighted by molar-refractivity contribution is 0.0952. The third-order valence-corrected chi connectivity index (χ3v) is 4.29. The number of hydrogen-bond acceptors (Lipinski definition) is 3. The fraction of sp³-hybridized carbons (Fsp3) is 0.238. The second-order valence-corrected chi connectivity index (χ2v) is 6.61. The first-order chi connectivity index (χ1) is 14.3. The normalized spacial score (nSPS) is 10.8. The van der Waals surface area contributed by atoms with Crippen molar-refractivity contribution in [1.82, 2.24) is 15.1 Å². The molecule has 1 heterocycles. The Balaban J connectivity index is 1.50. The zero-order valence-electron chi connectivity index (χ0n) is 16.1. The molecule has 1 aromatic heterocycles. The van der Waals surface area contributed by atoms with E-state index >= 15 is 0 Å².